The second-order valence-electron chi connectivity index (χ2n) is 4.35. The molecule has 1 heterocycles. The van der Waals surface area contributed by atoms with Gasteiger partial charge in [-0.3, -0.25) is 24.9 Å². The molecule has 0 amide bonds. The van der Waals surface area contributed by atoms with Crippen molar-refractivity contribution >= 4 is 17.2 Å². The maximum atomic E-state index is 11.7. The van der Waals surface area contributed by atoms with Crippen LogP contribution < -0.4 is 16.1 Å². The summed E-state index contributed by atoms with van der Waals surface area (Å²) >= 11 is 0. The van der Waals surface area contributed by atoms with Crippen molar-refractivity contribution in [3.05, 3.63) is 61.3 Å². The Balaban J connectivity index is 2.69. The second kappa shape index (κ2) is 6.04. The summed E-state index contributed by atoms with van der Waals surface area (Å²) in [5.74, 6) is -0.109. The van der Waals surface area contributed by atoms with Gasteiger partial charge in [0.1, 0.15) is 0 Å². The van der Waals surface area contributed by atoms with Crippen LogP contribution in [0.5, 0.6) is 0 Å². The summed E-state index contributed by atoms with van der Waals surface area (Å²) in [5.41, 5.74) is -1.82. The molecular weight excluding hydrogens is 276 g/mol. The van der Waals surface area contributed by atoms with E-state index in [-0.39, 0.29) is 5.82 Å². The number of nitrogens with zero attached hydrogens (tertiary/aromatic N) is 2. The highest BCUT2D eigenvalue weighted by molar-refractivity contribution is 5.67. The Labute approximate surface area is 119 Å². The number of hydrogen-bond acceptors (Lipinski definition) is 5. The fourth-order valence-corrected chi connectivity index (χ4v) is 2.03. The van der Waals surface area contributed by atoms with Crippen molar-refractivity contribution in [3.63, 3.8) is 0 Å². The molecule has 8 nitrogen and oxygen atoms in total. The predicted octanol–water partition coefficient (Wildman–Crippen LogP) is 1.52. The minimum atomic E-state index is -1.02. The summed E-state index contributed by atoms with van der Waals surface area (Å²) in [4.78, 5) is 39.3. The van der Waals surface area contributed by atoms with Crippen LogP contribution in [-0.4, -0.2) is 21.4 Å². The quantitative estimate of drug-likeness (QED) is 0.640. The van der Waals surface area contributed by atoms with Crippen molar-refractivity contribution in [1.29, 1.82) is 0 Å². The molecule has 2 aromatic rings. The topological polar surface area (TPSA) is 112 Å². The van der Waals surface area contributed by atoms with Gasteiger partial charge in [-0.15, -0.1) is 0 Å². The monoisotopic (exact) mass is 290 g/mol. The number of hydrogen-bond donors (Lipinski definition) is 2. The molecule has 0 aliphatic carbocycles. The van der Waals surface area contributed by atoms with Gasteiger partial charge in [0.05, 0.1) is 4.92 Å². The number of H-pyrrole nitrogens is 2. The highest BCUT2D eigenvalue weighted by atomic mass is 16.6. The Kier molecular flexibility index (Phi) is 4.17. The number of nitrogens with one attached hydrogen (secondary N) is 2. The van der Waals surface area contributed by atoms with E-state index in [0.29, 0.717) is 18.7 Å². The normalized spacial score (nSPS) is 10.3. The third-order valence-corrected chi connectivity index (χ3v) is 2.87. The highest BCUT2D eigenvalue weighted by Gasteiger charge is 2.26. The zero-order valence-electron chi connectivity index (χ0n) is 11.3. The Bertz CT molecular complexity index is 751. The lowest BCUT2D eigenvalue weighted by atomic mass is 10.2. The lowest BCUT2D eigenvalue weighted by Crippen LogP contribution is -2.30. The number of nitro groups is 1. The van der Waals surface area contributed by atoms with Gasteiger partial charge in [-0.25, -0.2) is 4.79 Å². The second-order valence-corrected chi connectivity index (χ2v) is 4.35. The van der Waals surface area contributed by atoms with Crippen LogP contribution >= 0.6 is 0 Å². The molecular formula is C13H14N4O4. The molecule has 0 bridgehead atoms. The van der Waals surface area contributed by atoms with Gasteiger partial charge in [-0.2, -0.15) is 0 Å². The van der Waals surface area contributed by atoms with E-state index in [1.54, 1.807) is 29.2 Å². The molecule has 1 aromatic carbocycles. The van der Waals surface area contributed by atoms with Crippen LogP contribution in [0.4, 0.5) is 17.2 Å². The van der Waals surface area contributed by atoms with E-state index in [4.69, 9.17) is 0 Å². The summed E-state index contributed by atoms with van der Waals surface area (Å²) in [6.07, 6.45) is 0.681. The van der Waals surface area contributed by atoms with Crippen molar-refractivity contribution in [1.82, 2.24) is 9.97 Å². The zero-order valence-corrected chi connectivity index (χ0v) is 11.3. The van der Waals surface area contributed by atoms with E-state index in [0.717, 1.165) is 0 Å². The number of aromatic amines is 2. The van der Waals surface area contributed by atoms with Crippen LogP contribution in [0.2, 0.25) is 0 Å². The molecule has 21 heavy (non-hydrogen) atoms. The van der Waals surface area contributed by atoms with E-state index in [9.17, 15) is 19.7 Å². The molecule has 2 rings (SSSR count). The summed E-state index contributed by atoms with van der Waals surface area (Å²) in [7, 11) is 0. The fourth-order valence-electron chi connectivity index (χ4n) is 2.03. The van der Waals surface area contributed by atoms with Gasteiger partial charge in [-0.1, -0.05) is 25.1 Å². The molecule has 0 aliphatic rings. The lowest BCUT2D eigenvalue weighted by Gasteiger charge is -2.22. The van der Waals surface area contributed by atoms with E-state index >= 15 is 0 Å². The summed E-state index contributed by atoms with van der Waals surface area (Å²) in [6.45, 7) is 2.32. The number of para-hydroxylation sites is 1. The Hall–Kier alpha value is -2.90. The van der Waals surface area contributed by atoms with Crippen molar-refractivity contribution in [2.45, 2.75) is 13.3 Å². The number of anilines is 2. The first kappa shape index (κ1) is 14.5. The fraction of sp³-hybridized carbons (Fsp3) is 0.231. The molecule has 0 spiro atoms. The Morgan fingerprint density at radius 2 is 1.86 bits per heavy atom. The van der Waals surface area contributed by atoms with Gasteiger partial charge in [0.15, 0.2) is 0 Å². The molecule has 0 radical (unpaired) electrons. The summed E-state index contributed by atoms with van der Waals surface area (Å²) in [6, 6.07) is 8.85. The first-order valence-corrected chi connectivity index (χ1v) is 6.38. The minimum absolute atomic E-state index is 0.109. The van der Waals surface area contributed by atoms with Crippen molar-refractivity contribution in [2.75, 3.05) is 11.4 Å². The van der Waals surface area contributed by atoms with Crippen molar-refractivity contribution in [2.24, 2.45) is 0 Å². The van der Waals surface area contributed by atoms with Gasteiger partial charge >= 0.3 is 16.9 Å². The van der Waals surface area contributed by atoms with Gasteiger partial charge in [0.2, 0.25) is 5.82 Å². The lowest BCUT2D eigenvalue weighted by molar-refractivity contribution is -0.385. The summed E-state index contributed by atoms with van der Waals surface area (Å²) in [5, 5.41) is 11.1. The third kappa shape index (κ3) is 2.99. The first-order valence-electron chi connectivity index (χ1n) is 6.38. The predicted molar refractivity (Wildman–Crippen MR) is 78.1 cm³/mol. The minimum Gasteiger partial charge on any atom is -0.322 e. The standard InChI is InChI=1S/C13H14N4O4/c1-2-8-16(9-6-4-3-5-7-9)11-10(17(20)21)12(18)15-13(19)14-11/h3-7H,2,8H2,1H3,(H2,14,15,18,19). The number of aromatic nitrogens is 2. The zero-order chi connectivity index (χ0) is 15.4. The largest absolute Gasteiger partial charge is 0.374 e. The number of benzene rings is 1. The Morgan fingerprint density at radius 1 is 1.19 bits per heavy atom. The van der Waals surface area contributed by atoms with Crippen molar-refractivity contribution in [3.8, 4) is 0 Å². The van der Waals surface area contributed by atoms with E-state index < -0.39 is 21.9 Å². The average Bonchev–Trinajstić information content (AvgIpc) is 2.44. The van der Waals surface area contributed by atoms with Crippen molar-refractivity contribution < 1.29 is 4.92 Å². The van der Waals surface area contributed by atoms with Gasteiger partial charge in [0, 0.05) is 12.2 Å². The molecule has 0 fully saturated rings. The molecule has 0 unspecified atom stereocenters. The van der Waals surface area contributed by atoms with Crippen LogP contribution in [0.1, 0.15) is 13.3 Å². The average molecular weight is 290 g/mol. The SMILES string of the molecule is CCCN(c1ccccc1)c1[nH]c(=O)[nH]c(=O)c1[N+](=O)[O-]. The van der Waals surface area contributed by atoms with Crippen LogP contribution in [0.3, 0.4) is 0 Å². The first-order chi connectivity index (χ1) is 10.0. The Morgan fingerprint density at radius 3 is 2.43 bits per heavy atom. The molecule has 1 aromatic heterocycles. The van der Waals surface area contributed by atoms with Crippen LogP contribution in [-0.2, 0) is 0 Å². The molecule has 0 saturated carbocycles. The molecule has 0 atom stereocenters. The number of rotatable bonds is 5. The van der Waals surface area contributed by atoms with Crippen LogP contribution in [0, 0.1) is 10.1 Å². The maximum absolute atomic E-state index is 11.7. The van der Waals surface area contributed by atoms with E-state index in [1.807, 2.05) is 18.0 Å². The molecule has 2 N–H and O–H groups in total. The van der Waals surface area contributed by atoms with E-state index in [2.05, 4.69) is 4.98 Å². The van der Waals surface area contributed by atoms with E-state index in [1.165, 1.54) is 0 Å². The maximum Gasteiger partial charge on any atom is 0.374 e. The highest BCUT2D eigenvalue weighted by Crippen LogP contribution is 2.28. The van der Waals surface area contributed by atoms with Crippen LogP contribution in [0.15, 0.2) is 39.9 Å². The third-order valence-electron chi connectivity index (χ3n) is 2.87. The molecule has 0 saturated heterocycles. The smallest absolute Gasteiger partial charge is 0.322 e. The van der Waals surface area contributed by atoms with Crippen LogP contribution in [0.25, 0.3) is 0 Å². The molecule has 110 valence electrons. The van der Waals surface area contributed by atoms with Gasteiger partial charge in [0.25, 0.3) is 0 Å². The molecule has 0 aliphatic heterocycles. The van der Waals surface area contributed by atoms with Gasteiger partial charge < -0.3 is 4.90 Å². The summed E-state index contributed by atoms with van der Waals surface area (Å²) < 4.78 is 0. The molecule has 8 heteroatoms. The van der Waals surface area contributed by atoms with Gasteiger partial charge in [-0.05, 0) is 18.6 Å².